The number of urea groups is 1. The standard InChI is InChI=1S/C15H23N3O/c1-11-7-8-13(16)12(2)14(11)17-15(19)18-9-5-3-4-6-10-18/h7-8H,3-6,9-10,16H2,1-2H3,(H,17,19). The number of hydrogen-bond acceptors (Lipinski definition) is 2. The van der Waals surface area contributed by atoms with Crippen LogP contribution in [0.5, 0.6) is 0 Å². The minimum Gasteiger partial charge on any atom is -0.398 e. The zero-order chi connectivity index (χ0) is 13.8. The molecule has 2 amide bonds. The van der Waals surface area contributed by atoms with Crippen LogP contribution in [0.1, 0.15) is 36.8 Å². The molecule has 0 aliphatic carbocycles. The fraction of sp³-hybridized carbons (Fsp3) is 0.533. The molecule has 0 atom stereocenters. The van der Waals surface area contributed by atoms with Crippen LogP contribution < -0.4 is 11.1 Å². The molecule has 0 spiro atoms. The summed E-state index contributed by atoms with van der Waals surface area (Å²) in [7, 11) is 0. The molecule has 4 nitrogen and oxygen atoms in total. The van der Waals surface area contributed by atoms with Gasteiger partial charge in [-0.2, -0.15) is 0 Å². The van der Waals surface area contributed by atoms with Crippen molar-refractivity contribution in [3.8, 4) is 0 Å². The van der Waals surface area contributed by atoms with Crippen molar-refractivity contribution in [1.82, 2.24) is 4.90 Å². The van der Waals surface area contributed by atoms with Gasteiger partial charge in [0.15, 0.2) is 0 Å². The highest BCUT2D eigenvalue weighted by Gasteiger charge is 2.17. The van der Waals surface area contributed by atoms with E-state index in [1.807, 2.05) is 30.9 Å². The Hall–Kier alpha value is -1.71. The van der Waals surface area contributed by atoms with Crippen molar-refractivity contribution in [2.45, 2.75) is 39.5 Å². The molecule has 4 heteroatoms. The molecule has 0 aromatic heterocycles. The summed E-state index contributed by atoms with van der Waals surface area (Å²) in [5.41, 5.74) is 9.48. The number of amides is 2. The Balaban J connectivity index is 2.12. The Morgan fingerprint density at radius 3 is 2.42 bits per heavy atom. The first-order valence-electron chi connectivity index (χ1n) is 7.01. The third kappa shape index (κ3) is 3.19. The highest BCUT2D eigenvalue weighted by molar-refractivity contribution is 5.92. The van der Waals surface area contributed by atoms with Crippen LogP contribution in [0.15, 0.2) is 12.1 Å². The van der Waals surface area contributed by atoms with Crippen LogP contribution in [0, 0.1) is 13.8 Å². The van der Waals surface area contributed by atoms with Crippen molar-refractivity contribution in [1.29, 1.82) is 0 Å². The van der Waals surface area contributed by atoms with Crippen LogP contribution in [0.2, 0.25) is 0 Å². The van der Waals surface area contributed by atoms with Gasteiger partial charge in [0.25, 0.3) is 0 Å². The Bertz CT molecular complexity index is 463. The first-order chi connectivity index (χ1) is 9.09. The van der Waals surface area contributed by atoms with Gasteiger partial charge >= 0.3 is 6.03 Å². The zero-order valence-electron chi connectivity index (χ0n) is 11.8. The van der Waals surface area contributed by atoms with Crippen molar-refractivity contribution in [2.75, 3.05) is 24.1 Å². The third-order valence-electron chi connectivity index (χ3n) is 3.84. The molecule has 1 saturated heterocycles. The van der Waals surface area contributed by atoms with Crippen LogP contribution in [0.25, 0.3) is 0 Å². The van der Waals surface area contributed by atoms with Gasteiger partial charge in [-0.3, -0.25) is 0 Å². The Labute approximate surface area is 115 Å². The second-order valence-electron chi connectivity index (χ2n) is 5.30. The molecule has 2 rings (SSSR count). The van der Waals surface area contributed by atoms with Crippen LogP contribution in [-0.2, 0) is 0 Å². The van der Waals surface area contributed by atoms with E-state index in [0.29, 0.717) is 0 Å². The van der Waals surface area contributed by atoms with Gasteiger partial charge in [-0.1, -0.05) is 18.9 Å². The van der Waals surface area contributed by atoms with E-state index in [9.17, 15) is 4.79 Å². The topological polar surface area (TPSA) is 58.4 Å². The molecule has 1 aromatic rings. The van der Waals surface area contributed by atoms with Crippen molar-refractivity contribution in [3.63, 3.8) is 0 Å². The van der Waals surface area contributed by atoms with Gasteiger partial charge < -0.3 is 16.0 Å². The number of carbonyl (C=O) groups is 1. The number of rotatable bonds is 1. The van der Waals surface area contributed by atoms with Crippen molar-refractivity contribution in [3.05, 3.63) is 23.3 Å². The summed E-state index contributed by atoms with van der Waals surface area (Å²) in [4.78, 5) is 14.2. The minimum atomic E-state index is -0.00120. The molecule has 1 aliphatic rings. The smallest absolute Gasteiger partial charge is 0.321 e. The predicted octanol–water partition coefficient (Wildman–Crippen LogP) is 3.29. The lowest BCUT2D eigenvalue weighted by Gasteiger charge is -2.22. The zero-order valence-corrected chi connectivity index (χ0v) is 11.8. The number of likely N-dealkylation sites (tertiary alicyclic amines) is 1. The molecular formula is C15H23N3O. The third-order valence-corrected chi connectivity index (χ3v) is 3.84. The average Bonchev–Trinajstić information content (AvgIpc) is 2.68. The summed E-state index contributed by atoms with van der Waals surface area (Å²) in [6.45, 7) is 5.64. The van der Waals surface area contributed by atoms with E-state index in [1.165, 1.54) is 12.8 Å². The molecule has 19 heavy (non-hydrogen) atoms. The van der Waals surface area contributed by atoms with E-state index in [-0.39, 0.29) is 6.03 Å². The summed E-state index contributed by atoms with van der Waals surface area (Å²) in [5, 5.41) is 3.02. The highest BCUT2D eigenvalue weighted by Crippen LogP contribution is 2.25. The molecule has 3 N–H and O–H groups in total. The lowest BCUT2D eigenvalue weighted by Crippen LogP contribution is -2.36. The van der Waals surface area contributed by atoms with Crippen LogP contribution in [0.3, 0.4) is 0 Å². The number of carbonyl (C=O) groups excluding carboxylic acids is 1. The van der Waals surface area contributed by atoms with E-state index in [4.69, 9.17) is 5.73 Å². The van der Waals surface area contributed by atoms with Gasteiger partial charge in [-0.25, -0.2) is 4.79 Å². The number of aryl methyl sites for hydroxylation is 1. The van der Waals surface area contributed by atoms with Crippen molar-refractivity contribution >= 4 is 17.4 Å². The summed E-state index contributed by atoms with van der Waals surface area (Å²) in [6, 6.07) is 3.82. The van der Waals surface area contributed by atoms with Crippen LogP contribution >= 0.6 is 0 Å². The maximum absolute atomic E-state index is 12.3. The van der Waals surface area contributed by atoms with E-state index >= 15 is 0 Å². The number of benzene rings is 1. The van der Waals surface area contributed by atoms with E-state index in [1.54, 1.807) is 0 Å². The van der Waals surface area contributed by atoms with E-state index < -0.39 is 0 Å². The van der Waals surface area contributed by atoms with Crippen molar-refractivity contribution in [2.24, 2.45) is 0 Å². The predicted molar refractivity (Wildman–Crippen MR) is 79.4 cm³/mol. The maximum atomic E-state index is 12.3. The Kier molecular flexibility index (Phi) is 4.30. The van der Waals surface area contributed by atoms with Crippen molar-refractivity contribution < 1.29 is 4.79 Å². The second-order valence-corrected chi connectivity index (χ2v) is 5.30. The number of nitrogens with one attached hydrogen (secondary N) is 1. The number of nitrogen functional groups attached to an aromatic ring is 1. The summed E-state index contributed by atoms with van der Waals surface area (Å²) in [5.74, 6) is 0. The average molecular weight is 261 g/mol. The highest BCUT2D eigenvalue weighted by atomic mass is 16.2. The first-order valence-corrected chi connectivity index (χ1v) is 7.01. The maximum Gasteiger partial charge on any atom is 0.321 e. The molecule has 1 aromatic carbocycles. The Morgan fingerprint density at radius 2 is 1.79 bits per heavy atom. The van der Waals surface area contributed by atoms with Gasteiger partial charge in [0, 0.05) is 18.8 Å². The van der Waals surface area contributed by atoms with Crippen LogP contribution in [-0.4, -0.2) is 24.0 Å². The lowest BCUT2D eigenvalue weighted by molar-refractivity contribution is 0.213. The summed E-state index contributed by atoms with van der Waals surface area (Å²) < 4.78 is 0. The molecule has 1 fully saturated rings. The summed E-state index contributed by atoms with van der Waals surface area (Å²) in [6.07, 6.45) is 4.64. The van der Waals surface area contributed by atoms with Gasteiger partial charge in [-0.15, -0.1) is 0 Å². The minimum absolute atomic E-state index is 0.00120. The monoisotopic (exact) mass is 261 g/mol. The van der Waals surface area contributed by atoms with Gasteiger partial charge in [0.2, 0.25) is 0 Å². The number of hydrogen-bond donors (Lipinski definition) is 2. The van der Waals surface area contributed by atoms with Gasteiger partial charge in [0.1, 0.15) is 0 Å². The van der Waals surface area contributed by atoms with E-state index in [0.717, 1.165) is 48.4 Å². The largest absolute Gasteiger partial charge is 0.398 e. The number of nitrogens with two attached hydrogens (primary N) is 1. The molecule has 1 aliphatic heterocycles. The van der Waals surface area contributed by atoms with Crippen LogP contribution in [0.4, 0.5) is 16.2 Å². The summed E-state index contributed by atoms with van der Waals surface area (Å²) >= 11 is 0. The van der Waals surface area contributed by atoms with Gasteiger partial charge in [0.05, 0.1) is 5.69 Å². The lowest BCUT2D eigenvalue weighted by atomic mass is 10.1. The van der Waals surface area contributed by atoms with Gasteiger partial charge in [-0.05, 0) is 43.9 Å². The molecule has 1 heterocycles. The normalized spacial score (nSPS) is 16.0. The fourth-order valence-electron chi connectivity index (χ4n) is 2.52. The fourth-order valence-corrected chi connectivity index (χ4v) is 2.52. The quantitative estimate of drug-likeness (QED) is 0.762. The SMILES string of the molecule is Cc1ccc(N)c(C)c1NC(=O)N1CCCCCC1. The number of nitrogens with zero attached hydrogens (tertiary/aromatic N) is 1. The molecular weight excluding hydrogens is 238 g/mol. The Morgan fingerprint density at radius 1 is 1.16 bits per heavy atom. The first kappa shape index (κ1) is 13.7. The molecule has 0 saturated carbocycles. The molecule has 0 bridgehead atoms. The molecule has 0 unspecified atom stereocenters. The van der Waals surface area contributed by atoms with E-state index in [2.05, 4.69) is 5.32 Å². The second kappa shape index (κ2) is 5.95. The number of anilines is 2. The molecule has 0 radical (unpaired) electrons. The molecule has 104 valence electrons.